The monoisotopic (exact) mass is 209 g/mol. The van der Waals surface area contributed by atoms with E-state index in [1.165, 1.54) is 31.4 Å². The summed E-state index contributed by atoms with van der Waals surface area (Å²) in [5, 5.41) is 19.1. The summed E-state index contributed by atoms with van der Waals surface area (Å²) < 4.78 is 5.02. The Morgan fingerprint density at radius 2 is 2.33 bits per heavy atom. The summed E-state index contributed by atoms with van der Waals surface area (Å²) in [7, 11) is 1.48. The molecule has 1 rings (SSSR count). The largest absolute Gasteiger partial charge is 0.496 e. The maximum atomic E-state index is 10.5. The zero-order valence-corrected chi connectivity index (χ0v) is 8.21. The molecule has 0 aliphatic carbocycles. The molecule has 80 valence electrons. The highest BCUT2D eigenvalue weighted by Gasteiger charge is 2.08. The molecule has 0 fully saturated rings. The average molecular weight is 209 g/mol. The number of aliphatic hydroxyl groups is 1. The van der Waals surface area contributed by atoms with E-state index in [-0.39, 0.29) is 12.3 Å². The zero-order valence-electron chi connectivity index (χ0n) is 8.21. The quantitative estimate of drug-likeness (QED) is 0.604. The van der Waals surface area contributed by atoms with Crippen molar-refractivity contribution in [1.82, 2.24) is 0 Å². The van der Waals surface area contributed by atoms with Gasteiger partial charge in [-0.3, -0.25) is 10.1 Å². The van der Waals surface area contributed by atoms with Crippen LogP contribution in [-0.2, 0) is 0 Å². The Morgan fingerprint density at radius 3 is 2.87 bits per heavy atom. The van der Waals surface area contributed by atoms with Crippen LogP contribution in [0.5, 0.6) is 5.75 Å². The topological polar surface area (TPSA) is 72.6 Å². The summed E-state index contributed by atoms with van der Waals surface area (Å²) in [4.78, 5) is 10.0. The number of benzene rings is 1. The lowest BCUT2D eigenvalue weighted by Gasteiger charge is -2.03. The highest BCUT2D eigenvalue weighted by atomic mass is 16.6. The lowest BCUT2D eigenvalue weighted by molar-refractivity contribution is -0.384. The molecular weight excluding hydrogens is 198 g/mol. The number of ether oxygens (including phenoxy) is 1. The normalized spacial score (nSPS) is 10.5. The fraction of sp³-hybridized carbons (Fsp3) is 0.200. The first kappa shape index (κ1) is 11.2. The van der Waals surface area contributed by atoms with Gasteiger partial charge in [0.25, 0.3) is 5.69 Å². The minimum atomic E-state index is -0.476. The maximum absolute atomic E-state index is 10.5. The van der Waals surface area contributed by atoms with Crippen LogP contribution < -0.4 is 4.74 Å². The van der Waals surface area contributed by atoms with Gasteiger partial charge in [-0.15, -0.1) is 0 Å². The van der Waals surface area contributed by atoms with Gasteiger partial charge >= 0.3 is 0 Å². The van der Waals surface area contributed by atoms with Crippen LogP contribution in [0, 0.1) is 10.1 Å². The second-order valence-corrected chi connectivity index (χ2v) is 2.77. The number of nitrogens with zero attached hydrogens (tertiary/aromatic N) is 1. The van der Waals surface area contributed by atoms with Crippen LogP contribution in [0.25, 0.3) is 6.08 Å². The van der Waals surface area contributed by atoms with Gasteiger partial charge < -0.3 is 9.84 Å². The number of nitro benzene ring substituents is 1. The summed E-state index contributed by atoms with van der Waals surface area (Å²) in [6.45, 7) is -0.119. The molecule has 0 unspecified atom stereocenters. The number of non-ortho nitro benzene ring substituents is 1. The molecule has 5 nitrogen and oxygen atoms in total. The third kappa shape index (κ3) is 2.78. The maximum Gasteiger partial charge on any atom is 0.270 e. The molecular formula is C10H11NO4. The first-order valence-electron chi connectivity index (χ1n) is 4.29. The molecule has 0 saturated heterocycles. The number of rotatable bonds is 4. The average Bonchev–Trinajstić information content (AvgIpc) is 2.25. The molecule has 0 aliphatic heterocycles. The lowest BCUT2D eigenvalue weighted by atomic mass is 10.1. The van der Waals surface area contributed by atoms with Crippen LogP contribution in [0.15, 0.2) is 24.3 Å². The van der Waals surface area contributed by atoms with E-state index in [1.54, 1.807) is 6.08 Å². The minimum absolute atomic E-state index is 0.00612. The summed E-state index contributed by atoms with van der Waals surface area (Å²) >= 11 is 0. The van der Waals surface area contributed by atoms with Crippen molar-refractivity contribution in [2.24, 2.45) is 0 Å². The number of methoxy groups -OCH3 is 1. The van der Waals surface area contributed by atoms with Crippen molar-refractivity contribution in [2.75, 3.05) is 13.7 Å². The van der Waals surface area contributed by atoms with Gasteiger partial charge in [0, 0.05) is 17.7 Å². The van der Waals surface area contributed by atoms with Crippen molar-refractivity contribution >= 4 is 11.8 Å². The van der Waals surface area contributed by atoms with E-state index in [0.29, 0.717) is 11.3 Å². The molecule has 15 heavy (non-hydrogen) atoms. The fourth-order valence-corrected chi connectivity index (χ4v) is 1.15. The van der Waals surface area contributed by atoms with Crippen LogP contribution in [0.2, 0.25) is 0 Å². The van der Waals surface area contributed by atoms with Crippen molar-refractivity contribution in [1.29, 1.82) is 0 Å². The van der Waals surface area contributed by atoms with Gasteiger partial charge in [-0.1, -0.05) is 12.2 Å². The zero-order chi connectivity index (χ0) is 11.3. The van der Waals surface area contributed by atoms with Gasteiger partial charge in [0.1, 0.15) is 5.75 Å². The first-order chi connectivity index (χ1) is 7.19. The Labute approximate surface area is 86.8 Å². The van der Waals surface area contributed by atoms with E-state index >= 15 is 0 Å². The van der Waals surface area contributed by atoms with E-state index in [0.717, 1.165) is 0 Å². The van der Waals surface area contributed by atoms with E-state index < -0.39 is 4.92 Å². The van der Waals surface area contributed by atoms with Crippen LogP contribution in [0.1, 0.15) is 5.56 Å². The van der Waals surface area contributed by atoms with Gasteiger partial charge in [-0.2, -0.15) is 0 Å². The van der Waals surface area contributed by atoms with Crippen LogP contribution in [0.3, 0.4) is 0 Å². The minimum Gasteiger partial charge on any atom is -0.496 e. The van der Waals surface area contributed by atoms with Crippen molar-refractivity contribution in [2.45, 2.75) is 0 Å². The molecule has 0 aromatic heterocycles. The smallest absolute Gasteiger partial charge is 0.270 e. The lowest BCUT2D eigenvalue weighted by Crippen LogP contribution is -1.91. The molecule has 0 amide bonds. The molecule has 0 saturated carbocycles. The Hall–Kier alpha value is -1.88. The number of aliphatic hydroxyl groups excluding tert-OH is 1. The van der Waals surface area contributed by atoms with Crippen LogP contribution in [0.4, 0.5) is 5.69 Å². The first-order valence-corrected chi connectivity index (χ1v) is 4.29. The Bertz CT molecular complexity index is 387. The predicted octanol–water partition coefficient (Wildman–Crippen LogP) is 1.61. The summed E-state index contributed by atoms with van der Waals surface area (Å²) in [6, 6.07) is 4.29. The van der Waals surface area contributed by atoms with Crippen molar-refractivity contribution in [3.05, 3.63) is 40.0 Å². The predicted molar refractivity (Wildman–Crippen MR) is 55.8 cm³/mol. The van der Waals surface area contributed by atoms with Crippen LogP contribution in [-0.4, -0.2) is 23.7 Å². The highest BCUT2D eigenvalue weighted by Crippen LogP contribution is 2.24. The fourth-order valence-electron chi connectivity index (χ4n) is 1.15. The molecule has 5 heteroatoms. The summed E-state index contributed by atoms with van der Waals surface area (Å²) in [5.41, 5.74) is 0.564. The van der Waals surface area contributed by atoms with Crippen LogP contribution >= 0.6 is 0 Å². The third-order valence-electron chi connectivity index (χ3n) is 1.83. The number of hydrogen-bond donors (Lipinski definition) is 1. The molecule has 0 radical (unpaired) electrons. The second kappa shape index (κ2) is 5.11. The Balaban J connectivity index is 3.13. The molecule has 0 aliphatic rings. The summed E-state index contributed by atoms with van der Waals surface area (Å²) in [6.07, 6.45) is 3.06. The Morgan fingerprint density at radius 1 is 1.60 bits per heavy atom. The van der Waals surface area contributed by atoms with Gasteiger partial charge in [-0.05, 0) is 6.07 Å². The van der Waals surface area contributed by atoms with E-state index in [1.807, 2.05) is 0 Å². The van der Waals surface area contributed by atoms with Gasteiger partial charge in [0.2, 0.25) is 0 Å². The molecule has 0 atom stereocenters. The second-order valence-electron chi connectivity index (χ2n) is 2.77. The van der Waals surface area contributed by atoms with E-state index in [2.05, 4.69) is 0 Å². The van der Waals surface area contributed by atoms with Gasteiger partial charge in [0.15, 0.2) is 0 Å². The van der Waals surface area contributed by atoms with Crippen molar-refractivity contribution in [3.63, 3.8) is 0 Å². The van der Waals surface area contributed by atoms with Crippen molar-refractivity contribution < 1.29 is 14.8 Å². The highest BCUT2D eigenvalue weighted by molar-refractivity contribution is 5.61. The number of hydrogen-bond acceptors (Lipinski definition) is 4. The SMILES string of the molecule is COc1ccc([N+](=O)[O-])cc1/C=C/CO. The molecule has 0 bridgehead atoms. The number of nitro groups is 1. The molecule has 1 N–H and O–H groups in total. The summed E-state index contributed by atoms with van der Waals surface area (Å²) in [5.74, 6) is 0.533. The van der Waals surface area contributed by atoms with Crippen molar-refractivity contribution in [3.8, 4) is 5.75 Å². The Kier molecular flexibility index (Phi) is 3.82. The van der Waals surface area contributed by atoms with Gasteiger partial charge in [-0.25, -0.2) is 0 Å². The molecule has 1 aromatic rings. The molecule has 0 spiro atoms. The third-order valence-corrected chi connectivity index (χ3v) is 1.83. The van der Waals surface area contributed by atoms with E-state index in [4.69, 9.17) is 9.84 Å². The standard InChI is InChI=1S/C10H11NO4/c1-15-10-5-4-9(11(13)14)7-8(10)3-2-6-12/h2-5,7,12H,6H2,1H3/b3-2+. The molecule has 1 aromatic carbocycles. The van der Waals surface area contributed by atoms with E-state index in [9.17, 15) is 10.1 Å². The molecule has 0 heterocycles. The van der Waals surface area contributed by atoms with Gasteiger partial charge in [0.05, 0.1) is 18.6 Å².